The molecular weight excluding hydrogens is 264 g/mol. The monoisotopic (exact) mass is 286 g/mol. The molecule has 1 unspecified atom stereocenters. The number of hydrogen-bond acceptors (Lipinski definition) is 4. The van der Waals surface area contributed by atoms with E-state index in [9.17, 15) is 0 Å². The Labute approximate surface area is 121 Å². The molecule has 1 aliphatic rings. The second-order valence-electron chi connectivity index (χ2n) is 4.49. The number of hydrogen-bond donors (Lipinski definition) is 1. The van der Waals surface area contributed by atoms with Gasteiger partial charge in [0, 0.05) is 38.9 Å². The van der Waals surface area contributed by atoms with Crippen LogP contribution in [0, 0.1) is 0 Å². The van der Waals surface area contributed by atoms with E-state index in [1.807, 2.05) is 12.1 Å². The van der Waals surface area contributed by atoms with Gasteiger partial charge in [-0.25, -0.2) is 0 Å². The van der Waals surface area contributed by atoms with Gasteiger partial charge in [0.2, 0.25) is 0 Å². The number of ether oxygens (including phenoxy) is 2. The maximum absolute atomic E-state index is 5.47. The summed E-state index contributed by atoms with van der Waals surface area (Å²) in [6.45, 7) is 4.78. The molecule has 1 saturated heterocycles. The van der Waals surface area contributed by atoms with Gasteiger partial charge >= 0.3 is 0 Å². The summed E-state index contributed by atoms with van der Waals surface area (Å²) >= 11 is 0. The number of piperazine rings is 1. The standard InChI is InChI=1S/C14H22N2O2.ClH/c1-17-10-9-16-8-7-15-11-13(16)12-5-3-4-6-14(12)18-2;/h3-6,13,15H,7-11H2,1-2H3;1H. The Morgan fingerprint density at radius 3 is 2.84 bits per heavy atom. The summed E-state index contributed by atoms with van der Waals surface area (Å²) in [5.74, 6) is 0.966. The molecule has 4 nitrogen and oxygen atoms in total. The minimum atomic E-state index is 0. The van der Waals surface area contributed by atoms with Crippen LogP contribution in [0.2, 0.25) is 0 Å². The van der Waals surface area contributed by atoms with E-state index in [1.54, 1.807) is 14.2 Å². The molecule has 0 aromatic heterocycles. The van der Waals surface area contributed by atoms with Crippen LogP contribution in [0.25, 0.3) is 0 Å². The molecule has 0 amide bonds. The van der Waals surface area contributed by atoms with Gasteiger partial charge in [0.25, 0.3) is 0 Å². The van der Waals surface area contributed by atoms with Crippen LogP contribution in [0.4, 0.5) is 0 Å². The van der Waals surface area contributed by atoms with Gasteiger partial charge in [0.1, 0.15) is 5.75 Å². The molecular formula is C14H23ClN2O2. The van der Waals surface area contributed by atoms with E-state index in [4.69, 9.17) is 9.47 Å². The molecule has 2 rings (SSSR count). The minimum absolute atomic E-state index is 0. The smallest absolute Gasteiger partial charge is 0.123 e. The van der Waals surface area contributed by atoms with Crippen LogP contribution in [0.1, 0.15) is 11.6 Å². The lowest BCUT2D eigenvalue weighted by molar-refractivity contribution is 0.102. The van der Waals surface area contributed by atoms with Crippen LogP contribution in [0.3, 0.4) is 0 Å². The van der Waals surface area contributed by atoms with E-state index in [2.05, 4.69) is 22.3 Å². The van der Waals surface area contributed by atoms with Crippen LogP contribution in [-0.2, 0) is 4.74 Å². The highest BCUT2D eigenvalue weighted by Crippen LogP contribution is 2.29. The number of benzene rings is 1. The number of nitrogens with zero attached hydrogens (tertiary/aromatic N) is 1. The Morgan fingerprint density at radius 1 is 1.32 bits per heavy atom. The lowest BCUT2D eigenvalue weighted by Crippen LogP contribution is -2.47. The normalized spacial score (nSPS) is 19.8. The predicted molar refractivity (Wildman–Crippen MR) is 79.3 cm³/mol. The highest BCUT2D eigenvalue weighted by molar-refractivity contribution is 5.85. The number of para-hydroxylation sites is 1. The summed E-state index contributed by atoms with van der Waals surface area (Å²) in [4.78, 5) is 2.46. The largest absolute Gasteiger partial charge is 0.496 e. The number of halogens is 1. The second kappa shape index (κ2) is 8.38. The van der Waals surface area contributed by atoms with Gasteiger partial charge in [-0.1, -0.05) is 18.2 Å². The maximum atomic E-state index is 5.47. The molecule has 0 saturated carbocycles. The zero-order chi connectivity index (χ0) is 12.8. The van der Waals surface area contributed by atoms with Crippen LogP contribution in [0.15, 0.2) is 24.3 Å². The van der Waals surface area contributed by atoms with Gasteiger partial charge in [-0.15, -0.1) is 12.4 Å². The SMILES string of the molecule is COCCN1CCNCC1c1ccccc1OC.Cl. The summed E-state index contributed by atoms with van der Waals surface area (Å²) in [7, 11) is 3.48. The predicted octanol–water partition coefficient (Wildman–Crippen LogP) is 1.71. The van der Waals surface area contributed by atoms with Crippen molar-refractivity contribution >= 4 is 12.4 Å². The van der Waals surface area contributed by atoms with Gasteiger partial charge in [0.15, 0.2) is 0 Å². The van der Waals surface area contributed by atoms with Crippen molar-refractivity contribution in [3.8, 4) is 5.75 Å². The zero-order valence-electron chi connectivity index (χ0n) is 11.6. The third-order valence-corrected chi connectivity index (χ3v) is 3.43. The van der Waals surface area contributed by atoms with E-state index in [1.165, 1.54) is 5.56 Å². The van der Waals surface area contributed by atoms with Crippen LogP contribution >= 0.6 is 12.4 Å². The number of methoxy groups -OCH3 is 2. The first-order chi connectivity index (χ1) is 8.86. The van der Waals surface area contributed by atoms with E-state index in [-0.39, 0.29) is 12.4 Å². The van der Waals surface area contributed by atoms with Crippen molar-refractivity contribution < 1.29 is 9.47 Å². The molecule has 1 N–H and O–H groups in total. The van der Waals surface area contributed by atoms with Gasteiger partial charge in [-0.3, -0.25) is 4.90 Å². The fraction of sp³-hybridized carbons (Fsp3) is 0.571. The first-order valence-corrected chi connectivity index (χ1v) is 6.43. The van der Waals surface area contributed by atoms with Crippen molar-refractivity contribution in [3.05, 3.63) is 29.8 Å². The lowest BCUT2D eigenvalue weighted by Gasteiger charge is -2.36. The molecule has 0 radical (unpaired) electrons. The summed E-state index contributed by atoms with van der Waals surface area (Å²) in [6.07, 6.45) is 0. The number of rotatable bonds is 5. The Morgan fingerprint density at radius 2 is 2.11 bits per heavy atom. The van der Waals surface area contributed by atoms with Crippen molar-refractivity contribution in [3.63, 3.8) is 0 Å². The molecule has 5 heteroatoms. The molecule has 0 spiro atoms. The molecule has 1 fully saturated rings. The summed E-state index contributed by atoms with van der Waals surface area (Å²) in [6, 6.07) is 8.62. The lowest BCUT2D eigenvalue weighted by atomic mass is 10.0. The molecule has 1 atom stereocenters. The van der Waals surface area contributed by atoms with Gasteiger partial charge in [0.05, 0.1) is 19.8 Å². The molecule has 0 bridgehead atoms. The fourth-order valence-electron chi connectivity index (χ4n) is 2.47. The van der Waals surface area contributed by atoms with Crippen molar-refractivity contribution in [2.75, 3.05) is 47.0 Å². The van der Waals surface area contributed by atoms with E-state index < -0.39 is 0 Å². The van der Waals surface area contributed by atoms with E-state index in [0.29, 0.717) is 6.04 Å². The maximum Gasteiger partial charge on any atom is 0.123 e. The van der Waals surface area contributed by atoms with E-state index in [0.717, 1.165) is 38.5 Å². The molecule has 1 aromatic rings. The average molecular weight is 287 g/mol. The van der Waals surface area contributed by atoms with Crippen molar-refractivity contribution in [1.82, 2.24) is 10.2 Å². The van der Waals surface area contributed by atoms with E-state index >= 15 is 0 Å². The average Bonchev–Trinajstić information content (AvgIpc) is 2.45. The van der Waals surface area contributed by atoms with Crippen LogP contribution in [0.5, 0.6) is 5.75 Å². The van der Waals surface area contributed by atoms with Crippen molar-refractivity contribution in [2.45, 2.75) is 6.04 Å². The van der Waals surface area contributed by atoms with Crippen LogP contribution < -0.4 is 10.1 Å². The van der Waals surface area contributed by atoms with Gasteiger partial charge in [-0.05, 0) is 6.07 Å². The molecule has 1 aliphatic heterocycles. The Bertz CT molecular complexity index is 376. The molecule has 1 aromatic carbocycles. The van der Waals surface area contributed by atoms with Crippen molar-refractivity contribution in [1.29, 1.82) is 0 Å². The van der Waals surface area contributed by atoms with Crippen molar-refractivity contribution in [2.24, 2.45) is 0 Å². The Kier molecular flexibility index (Phi) is 7.16. The van der Waals surface area contributed by atoms with Gasteiger partial charge < -0.3 is 14.8 Å². The van der Waals surface area contributed by atoms with Crippen LogP contribution in [-0.4, -0.2) is 51.9 Å². The Hall–Kier alpha value is -0.810. The highest BCUT2D eigenvalue weighted by Gasteiger charge is 2.25. The fourth-order valence-corrected chi connectivity index (χ4v) is 2.47. The topological polar surface area (TPSA) is 33.7 Å². The summed E-state index contributed by atoms with van der Waals surface area (Å²) < 4.78 is 10.7. The van der Waals surface area contributed by atoms with Gasteiger partial charge in [-0.2, -0.15) is 0 Å². The first-order valence-electron chi connectivity index (χ1n) is 6.43. The Balaban J connectivity index is 0.00000180. The third-order valence-electron chi connectivity index (χ3n) is 3.43. The highest BCUT2D eigenvalue weighted by atomic mass is 35.5. The quantitative estimate of drug-likeness (QED) is 0.893. The molecule has 19 heavy (non-hydrogen) atoms. The molecule has 108 valence electrons. The second-order valence-corrected chi connectivity index (χ2v) is 4.49. The third kappa shape index (κ3) is 4.08. The molecule has 1 heterocycles. The zero-order valence-corrected chi connectivity index (χ0v) is 12.4. The molecule has 0 aliphatic carbocycles. The summed E-state index contributed by atoms with van der Waals surface area (Å²) in [5, 5.41) is 3.45. The number of nitrogens with one attached hydrogen (secondary N) is 1. The minimum Gasteiger partial charge on any atom is -0.496 e. The summed E-state index contributed by atoms with van der Waals surface area (Å²) in [5.41, 5.74) is 1.25. The first kappa shape index (κ1) is 16.2.